The minimum absolute atomic E-state index is 0.0147. The maximum atomic E-state index is 12.8. The SMILES string of the molecule is C=CCC(NC(=O)[C@@H]1CCCC[C@@H]1CNC(=O)OCC1c2ccccc2-c2ccccc21)C(=O)O. The second-order valence-electron chi connectivity index (χ2n) is 9.28. The third kappa shape index (κ3) is 5.56. The highest BCUT2D eigenvalue weighted by Gasteiger charge is 2.34. The molecule has 0 bridgehead atoms. The number of aliphatic carboxylic acids is 1. The number of alkyl carbamates (subject to hydrolysis) is 1. The van der Waals surface area contributed by atoms with E-state index in [2.05, 4.69) is 41.5 Å². The Morgan fingerprint density at radius 2 is 1.66 bits per heavy atom. The summed E-state index contributed by atoms with van der Waals surface area (Å²) in [6.07, 6.45) is 4.47. The molecule has 0 heterocycles. The van der Waals surface area contributed by atoms with Crippen LogP contribution < -0.4 is 10.6 Å². The number of hydrogen-bond donors (Lipinski definition) is 3. The summed E-state index contributed by atoms with van der Waals surface area (Å²) in [4.78, 5) is 36.8. The predicted octanol–water partition coefficient (Wildman–Crippen LogP) is 4.48. The van der Waals surface area contributed by atoms with Crippen LogP contribution in [-0.2, 0) is 14.3 Å². The molecule has 2 aliphatic carbocycles. The van der Waals surface area contributed by atoms with Crippen molar-refractivity contribution < 1.29 is 24.2 Å². The van der Waals surface area contributed by atoms with Crippen molar-refractivity contribution in [3.63, 3.8) is 0 Å². The Morgan fingerprint density at radius 3 is 2.29 bits per heavy atom. The molecule has 4 rings (SSSR count). The fraction of sp³-hybridized carbons (Fsp3) is 0.393. The summed E-state index contributed by atoms with van der Waals surface area (Å²) in [5.41, 5.74) is 4.64. The first kappa shape index (κ1) is 24.5. The highest BCUT2D eigenvalue weighted by molar-refractivity contribution is 5.85. The lowest BCUT2D eigenvalue weighted by Gasteiger charge is -2.31. The Hall–Kier alpha value is -3.61. The van der Waals surface area contributed by atoms with Crippen LogP contribution in [0.4, 0.5) is 4.79 Å². The maximum Gasteiger partial charge on any atom is 0.407 e. The highest BCUT2D eigenvalue weighted by Crippen LogP contribution is 2.44. The van der Waals surface area contributed by atoms with Crippen molar-refractivity contribution in [2.24, 2.45) is 11.8 Å². The normalized spacial score (nSPS) is 19.7. The molecule has 2 amide bonds. The molecule has 184 valence electrons. The molecule has 7 nitrogen and oxygen atoms in total. The molecule has 2 aromatic rings. The van der Waals surface area contributed by atoms with Gasteiger partial charge in [0.2, 0.25) is 5.91 Å². The number of benzene rings is 2. The number of fused-ring (bicyclic) bond motifs is 3. The Balaban J connectivity index is 1.33. The van der Waals surface area contributed by atoms with E-state index >= 15 is 0 Å². The number of carbonyl (C=O) groups excluding carboxylic acids is 2. The van der Waals surface area contributed by atoms with Crippen molar-refractivity contribution in [2.45, 2.75) is 44.1 Å². The summed E-state index contributed by atoms with van der Waals surface area (Å²) in [6.45, 7) is 4.11. The standard InChI is InChI=1S/C28H32N2O5/c1-2-9-25(27(32)33)30-26(31)19-11-4-3-10-18(19)16-29-28(34)35-17-24-22-14-7-5-12-20(22)21-13-6-8-15-23(21)24/h2,5-8,12-15,18-19,24-25H,1,3-4,9-11,16-17H2,(H,29,34)(H,30,31)(H,32,33)/t18-,19-,25?/m1/s1. The molecule has 0 radical (unpaired) electrons. The molecule has 2 aliphatic rings. The van der Waals surface area contributed by atoms with E-state index in [1.54, 1.807) is 0 Å². The number of ether oxygens (including phenoxy) is 1. The Bertz CT molecular complexity index is 1050. The molecule has 3 N–H and O–H groups in total. The molecule has 0 saturated heterocycles. The first-order valence-electron chi connectivity index (χ1n) is 12.2. The first-order chi connectivity index (χ1) is 17.0. The number of hydrogen-bond acceptors (Lipinski definition) is 4. The third-order valence-electron chi connectivity index (χ3n) is 7.12. The number of amides is 2. The van der Waals surface area contributed by atoms with Gasteiger partial charge in [-0.15, -0.1) is 6.58 Å². The number of rotatable bonds is 9. The number of carboxylic acids is 1. The van der Waals surface area contributed by atoms with Gasteiger partial charge in [-0.05, 0) is 47.4 Å². The van der Waals surface area contributed by atoms with Gasteiger partial charge in [0.15, 0.2) is 0 Å². The zero-order valence-corrected chi connectivity index (χ0v) is 19.7. The summed E-state index contributed by atoms with van der Waals surface area (Å²) < 4.78 is 5.62. The minimum Gasteiger partial charge on any atom is -0.480 e. The zero-order valence-electron chi connectivity index (χ0n) is 19.7. The molecule has 2 aromatic carbocycles. The van der Waals surface area contributed by atoms with Crippen molar-refractivity contribution in [3.05, 3.63) is 72.3 Å². The number of carboxylic acid groups (broad SMARTS) is 1. The highest BCUT2D eigenvalue weighted by atomic mass is 16.5. The van der Waals surface area contributed by atoms with Crippen LogP contribution in [0.1, 0.15) is 49.1 Å². The molecule has 7 heteroatoms. The van der Waals surface area contributed by atoms with Crippen LogP contribution in [-0.4, -0.2) is 42.3 Å². The predicted molar refractivity (Wildman–Crippen MR) is 133 cm³/mol. The molecule has 0 aliphatic heterocycles. The summed E-state index contributed by atoms with van der Waals surface area (Å²) in [5, 5.41) is 14.8. The van der Waals surface area contributed by atoms with E-state index in [-0.39, 0.29) is 36.7 Å². The monoisotopic (exact) mass is 476 g/mol. The van der Waals surface area contributed by atoms with Gasteiger partial charge >= 0.3 is 12.1 Å². The van der Waals surface area contributed by atoms with Gasteiger partial charge in [0, 0.05) is 18.4 Å². The van der Waals surface area contributed by atoms with E-state index in [0.717, 1.165) is 30.4 Å². The van der Waals surface area contributed by atoms with E-state index in [0.29, 0.717) is 13.0 Å². The average molecular weight is 477 g/mol. The van der Waals surface area contributed by atoms with Crippen LogP contribution in [0.25, 0.3) is 11.1 Å². The van der Waals surface area contributed by atoms with Gasteiger partial charge in [-0.2, -0.15) is 0 Å². The van der Waals surface area contributed by atoms with Gasteiger partial charge in [0.1, 0.15) is 12.6 Å². The topological polar surface area (TPSA) is 105 Å². The molecule has 1 unspecified atom stereocenters. The molecule has 0 spiro atoms. The molecule has 1 fully saturated rings. The third-order valence-corrected chi connectivity index (χ3v) is 7.12. The van der Waals surface area contributed by atoms with E-state index in [1.807, 2.05) is 24.3 Å². The average Bonchev–Trinajstić information content (AvgIpc) is 3.19. The van der Waals surface area contributed by atoms with Crippen LogP contribution >= 0.6 is 0 Å². The van der Waals surface area contributed by atoms with Crippen LogP contribution in [0.5, 0.6) is 0 Å². The zero-order chi connectivity index (χ0) is 24.8. The van der Waals surface area contributed by atoms with Crippen molar-refractivity contribution in [1.29, 1.82) is 0 Å². The molecule has 1 saturated carbocycles. The van der Waals surface area contributed by atoms with Gasteiger partial charge in [-0.1, -0.05) is 67.4 Å². The van der Waals surface area contributed by atoms with Crippen molar-refractivity contribution >= 4 is 18.0 Å². The Morgan fingerprint density at radius 1 is 1.03 bits per heavy atom. The van der Waals surface area contributed by atoms with Gasteiger partial charge in [0.25, 0.3) is 0 Å². The molecule has 0 aromatic heterocycles. The quantitative estimate of drug-likeness (QED) is 0.463. The molecular weight excluding hydrogens is 444 g/mol. The van der Waals surface area contributed by atoms with Gasteiger partial charge in [-0.3, -0.25) is 4.79 Å². The molecular formula is C28H32N2O5. The lowest BCUT2D eigenvalue weighted by atomic mass is 9.78. The second-order valence-corrected chi connectivity index (χ2v) is 9.28. The van der Waals surface area contributed by atoms with Crippen LogP contribution in [0.3, 0.4) is 0 Å². The fourth-order valence-corrected chi connectivity index (χ4v) is 5.33. The smallest absolute Gasteiger partial charge is 0.407 e. The van der Waals surface area contributed by atoms with E-state index < -0.39 is 18.1 Å². The van der Waals surface area contributed by atoms with Crippen molar-refractivity contribution in [2.75, 3.05) is 13.2 Å². The van der Waals surface area contributed by atoms with E-state index in [9.17, 15) is 19.5 Å². The fourth-order valence-electron chi connectivity index (χ4n) is 5.33. The summed E-state index contributed by atoms with van der Waals surface area (Å²) in [7, 11) is 0. The second kappa shape index (κ2) is 11.2. The van der Waals surface area contributed by atoms with Gasteiger partial charge in [-0.25, -0.2) is 9.59 Å². The van der Waals surface area contributed by atoms with Gasteiger partial charge < -0.3 is 20.5 Å². The van der Waals surface area contributed by atoms with Crippen LogP contribution in [0.15, 0.2) is 61.2 Å². The minimum atomic E-state index is -1.08. The van der Waals surface area contributed by atoms with E-state index in [1.165, 1.54) is 17.2 Å². The maximum absolute atomic E-state index is 12.8. The largest absolute Gasteiger partial charge is 0.480 e. The molecule has 35 heavy (non-hydrogen) atoms. The van der Waals surface area contributed by atoms with Gasteiger partial charge in [0.05, 0.1) is 0 Å². The first-order valence-corrected chi connectivity index (χ1v) is 12.2. The Kier molecular flexibility index (Phi) is 7.85. The van der Waals surface area contributed by atoms with Crippen molar-refractivity contribution in [1.82, 2.24) is 10.6 Å². The summed E-state index contributed by atoms with van der Waals surface area (Å²) in [6, 6.07) is 15.4. The van der Waals surface area contributed by atoms with E-state index in [4.69, 9.17) is 4.74 Å². The lowest BCUT2D eigenvalue weighted by Crippen LogP contribution is -2.47. The van der Waals surface area contributed by atoms with Crippen LogP contribution in [0.2, 0.25) is 0 Å². The van der Waals surface area contributed by atoms with Crippen molar-refractivity contribution in [3.8, 4) is 11.1 Å². The lowest BCUT2D eigenvalue weighted by molar-refractivity contribution is -0.143. The Labute approximate surface area is 205 Å². The summed E-state index contributed by atoms with van der Waals surface area (Å²) >= 11 is 0. The summed E-state index contributed by atoms with van der Waals surface area (Å²) in [5.74, 6) is -1.79. The molecule has 3 atom stereocenters. The number of carbonyl (C=O) groups is 3. The van der Waals surface area contributed by atoms with Crippen LogP contribution in [0, 0.1) is 11.8 Å². The number of nitrogens with one attached hydrogen (secondary N) is 2.